The Morgan fingerprint density at radius 2 is 1.90 bits per heavy atom. The first-order valence-electron chi connectivity index (χ1n) is 6.89. The van der Waals surface area contributed by atoms with Gasteiger partial charge < -0.3 is 4.57 Å². The van der Waals surface area contributed by atoms with E-state index in [4.69, 9.17) is 11.6 Å². The number of aryl methyl sites for hydroxylation is 1. The quantitative estimate of drug-likeness (QED) is 0.634. The number of halogens is 2. The summed E-state index contributed by atoms with van der Waals surface area (Å²) in [6.45, 7) is 4.12. The van der Waals surface area contributed by atoms with Crippen molar-refractivity contribution in [2.45, 2.75) is 25.8 Å². The Balaban J connectivity index is 2.18. The van der Waals surface area contributed by atoms with E-state index >= 15 is 0 Å². The van der Waals surface area contributed by atoms with Gasteiger partial charge in [-0.1, -0.05) is 24.3 Å². The van der Waals surface area contributed by atoms with Gasteiger partial charge in [0.25, 0.3) is 0 Å². The average Bonchev–Trinajstić information content (AvgIpc) is 2.87. The largest absolute Gasteiger partial charge is 0.320 e. The van der Waals surface area contributed by atoms with Crippen LogP contribution in [0, 0.1) is 12.7 Å². The highest BCUT2D eigenvalue weighted by Crippen LogP contribution is 2.28. The third-order valence-electron chi connectivity index (χ3n) is 3.85. The number of benzene rings is 2. The molecule has 21 heavy (non-hydrogen) atoms. The maximum atomic E-state index is 13.1. The monoisotopic (exact) mass is 302 g/mol. The fraction of sp³-hybridized carbons (Fsp3) is 0.235. The minimum atomic E-state index is -0.227. The molecule has 0 N–H and O–H groups in total. The fourth-order valence-electron chi connectivity index (χ4n) is 2.72. The molecule has 3 aromatic rings. The summed E-state index contributed by atoms with van der Waals surface area (Å²) in [7, 11) is 0. The lowest BCUT2D eigenvalue weighted by atomic mass is 10.1. The van der Waals surface area contributed by atoms with Crippen molar-refractivity contribution in [2.75, 3.05) is 0 Å². The molecule has 4 heteroatoms. The van der Waals surface area contributed by atoms with Crippen LogP contribution in [0.15, 0.2) is 42.5 Å². The van der Waals surface area contributed by atoms with Crippen molar-refractivity contribution in [3.05, 3.63) is 65.2 Å². The summed E-state index contributed by atoms with van der Waals surface area (Å²) in [5, 5.41) is 0. The van der Waals surface area contributed by atoms with E-state index in [-0.39, 0.29) is 11.9 Å². The molecule has 2 aromatic carbocycles. The second kappa shape index (κ2) is 5.49. The SMILES string of the molecule is Cc1cccc2c1nc(CCl)n2C(C)c1ccc(F)cc1. The van der Waals surface area contributed by atoms with Gasteiger partial charge in [0, 0.05) is 0 Å². The van der Waals surface area contributed by atoms with Crippen LogP contribution in [0.25, 0.3) is 11.0 Å². The first-order chi connectivity index (χ1) is 10.1. The molecule has 108 valence electrons. The van der Waals surface area contributed by atoms with Crippen LogP contribution in [0.4, 0.5) is 4.39 Å². The Hall–Kier alpha value is -1.87. The van der Waals surface area contributed by atoms with Crippen molar-refractivity contribution >= 4 is 22.6 Å². The lowest BCUT2D eigenvalue weighted by Gasteiger charge is -2.17. The Morgan fingerprint density at radius 3 is 2.57 bits per heavy atom. The Bertz CT molecular complexity index is 777. The average molecular weight is 303 g/mol. The topological polar surface area (TPSA) is 17.8 Å². The van der Waals surface area contributed by atoms with E-state index in [0.29, 0.717) is 5.88 Å². The number of nitrogens with zero attached hydrogens (tertiary/aromatic N) is 2. The molecule has 0 aliphatic carbocycles. The zero-order chi connectivity index (χ0) is 15.0. The third kappa shape index (κ3) is 2.42. The van der Waals surface area contributed by atoms with Gasteiger partial charge in [-0.25, -0.2) is 9.37 Å². The molecule has 1 heterocycles. The maximum Gasteiger partial charge on any atom is 0.125 e. The first-order valence-corrected chi connectivity index (χ1v) is 7.43. The van der Waals surface area contributed by atoms with E-state index in [2.05, 4.69) is 16.5 Å². The second-order valence-electron chi connectivity index (χ2n) is 5.20. The van der Waals surface area contributed by atoms with Crippen LogP contribution in [-0.4, -0.2) is 9.55 Å². The highest BCUT2D eigenvalue weighted by Gasteiger charge is 2.17. The van der Waals surface area contributed by atoms with Crippen molar-refractivity contribution in [2.24, 2.45) is 0 Å². The summed E-state index contributed by atoms with van der Waals surface area (Å²) in [5.41, 5.74) is 4.19. The van der Waals surface area contributed by atoms with Crippen molar-refractivity contribution < 1.29 is 4.39 Å². The number of aromatic nitrogens is 2. The van der Waals surface area contributed by atoms with E-state index in [1.807, 2.05) is 25.1 Å². The molecule has 0 saturated carbocycles. The molecule has 0 aliphatic rings. The number of imidazole rings is 1. The molecule has 0 spiro atoms. The van der Waals surface area contributed by atoms with Crippen LogP contribution in [-0.2, 0) is 5.88 Å². The number of hydrogen-bond donors (Lipinski definition) is 0. The Morgan fingerprint density at radius 1 is 1.19 bits per heavy atom. The smallest absolute Gasteiger partial charge is 0.125 e. The number of para-hydroxylation sites is 1. The molecule has 3 rings (SSSR count). The van der Waals surface area contributed by atoms with Crippen LogP contribution in [0.5, 0.6) is 0 Å². The molecule has 0 aliphatic heterocycles. The summed E-state index contributed by atoms with van der Waals surface area (Å²) in [4.78, 5) is 4.65. The Kier molecular flexibility index (Phi) is 3.68. The number of alkyl halides is 1. The molecule has 0 fully saturated rings. The van der Waals surface area contributed by atoms with E-state index in [1.54, 1.807) is 12.1 Å². The molecule has 0 amide bonds. The predicted molar refractivity (Wildman–Crippen MR) is 84.2 cm³/mol. The van der Waals surface area contributed by atoms with Gasteiger partial charge in [-0.3, -0.25) is 0 Å². The molecule has 0 radical (unpaired) electrons. The molecule has 1 aromatic heterocycles. The minimum Gasteiger partial charge on any atom is -0.320 e. The highest BCUT2D eigenvalue weighted by atomic mass is 35.5. The summed E-state index contributed by atoms with van der Waals surface area (Å²) in [5.74, 6) is 0.951. The van der Waals surface area contributed by atoms with Gasteiger partial charge in [-0.15, -0.1) is 11.6 Å². The second-order valence-corrected chi connectivity index (χ2v) is 5.47. The maximum absolute atomic E-state index is 13.1. The summed E-state index contributed by atoms with van der Waals surface area (Å²) in [6, 6.07) is 12.7. The molecule has 0 saturated heterocycles. The third-order valence-corrected chi connectivity index (χ3v) is 4.09. The zero-order valence-electron chi connectivity index (χ0n) is 12.0. The van der Waals surface area contributed by atoms with Crippen LogP contribution in [0.1, 0.15) is 29.9 Å². The molecule has 1 unspecified atom stereocenters. The van der Waals surface area contributed by atoms with Gasteiger partial charge in [-0.05, 0) is 43.2 Å². The summed E-state index contributed by atoms with van der Waals surface area (Å²) >= 11 is 6.07. The van der Waals surface area contributed by atoms with Crippen LogP contribution >= 0.6 is 11.6 Å². The zero-order valence-corrected chi connectivity index (χ0v) is 12.7. The lowest BCUT2D eigenvalue weighted by molar-refractivity contribution is 0.614. The molecular formula is C17H16ClFN2. The van der Waals surface area contributed by atoms with Crippen LogP contribution < -0.4 is 0 Å². The van der Waals surface area contributed by atoms with Crippen molar-refractivity contribution in [3.8, 4) is 0 Å². The predicted octanol–water partition coefficient (Wildman–Crippen LogP) is 4.83. The van der Waals surface area contributed by atoms with E-state index in [1.165, 1.54) is 12.1 Å². The van der Waals surface area contributed by atoms with E-state index in [9.17, 15) is 4.39 Å². The van der Waals surface area contributed by atoms with Crippen LogP contribution in [0.3, 0.4) is 0 Å². The van der Waals surface area contributed by atoms with Crippen molar-refractivity contribution in [3.63, 3.8) is 0 Å². The van der Waals surface area contributed by atoms with Gasteiger partial charge in [0.15, 0.2) is 0 Å². The van der Waals surface area contributed by atoms with Gasteiger partial charge in [0.2, 0.25) is 0 Å². The number of rotatable bonds is 3. The Labute approximate surface area is 128 Å². The van der Waals surface area contributed by atoms with Gasteiger partial charge >= 0.3 is 0 Å². The molecular weight excluding hydrogens is 287 g/mol. The fourth-order valence-corrected chi connectivity index (χ4v) is 2.91. The molecule has 0 bridgehead atoms. The van der Waals surface area contributed by atoms with E-state index < -0.39 is 0 Å². The van der Waals surface area contributed by atoms with Gasteiger partial charge in [-0.2, -0.15) is 0 Å². The summed E-state index contributed by atoms with van der Waals surface area (Å²) < 4.78 is 15.2. The lowest BCUT2D eigenvalue weighted by Crippen LogP contribution is -2.10. The standard InChI is InChI=1S/C17H16ClFN2/c1-11-4-3-5-15-17(11)20-16(10-18)21(15)12(2)13-6-8-14(19)9-7-13/h3-9,12H,10H2,1-2H3. The normalized spacial score (nSPS) is 12.8. The number of fused-ring (bicyclic) bond motifs is 1. The molecule has 2 nitrogen and oxygen atoms in total. The van der Waals surface area contributed by atoms with Crippen molar-refractivity contribution in [1.29, 1.82) is 0 Å². The van der Waals surface area contributed by atoms with Gasteiger partial charge in [0.1, 0.15) is 11.6 Å². The summed E-state index contributed by atoms with van der Waals surface area (Å²) in [6.07, 6.45) is 0. The molecule has 1 atom stereocenters. The minimum absolute atomic E-state index is 0.0474. The van der Waals surface area contributed by atoms with Crippen LogP contribution in [0.2, 0.25) is 0 Å². The van der Waals surface area contributed by atoms with Crippen molar-refractivity contribution in [1.82, 2.24) is 9.55 Å². The number of hydrogen-bond acceptors (Lipinski definition) is 1. The van der Waals surface area contributed by atoms with E-state index in [0.717, 1.165) is 28.0 Å². The first kappa shape index (κ1) is 14.1. The highest BCUT2D eigenvalue weighted by molar-refractivity contribution is 6.16. The van der Waals surface area contributed by atoms with Gasteiger partial charge in [0.05, 0.1) is 23.0 Å².